The smallest absolute Gasteiger partial charge is 0.0156 e. The van der Waals surface area contributed by atoms with Gasteiger partial charge in [0.15, 0.2) is 0 Å². The topological polar surface area (TPSA) is 0 Å². The van der Waals surface area contributed by atoms with Crippen LogP contribution in [0.1, 0.15) is 27.8 Å². The lowest BCUT2D eigenvalue weighted by molar-refractivity contribution is 1.19. The third-order valence-corrected chi connectivity index (χ3v) is 4.30. The maximum atomic E-state index is 2.28. The molecular weight excluding hydrogens is 236 g/mol. The molecule has 2 aromatic carbocycles. The van der Waals surface area contributed by atoms with Crippen LogP contribution < -0.4 is 0 Å². The van der Waals surface area contributed by atoms with E-state index >= 15 is 0 Å². The molecule has 0 nitrogen and oxygen atoms in total. The lowest BCUT2D eigenvalue weighted by Crippen LogP contribution is -1.88. The van der Waals surface area contributed by atoms with Crippen LogP contribution in [0.3, 0.4) is 0 Å². The Morgan fingerprint density at radius 2 is 1.22 bits per heavy atom. The van der Waals surface area contributed by atoms with Gasteiger partial charge in [0.05, 0.1) is 0 Å². The molecule has 0 saturated heterocycles. The van der Waals surface area contributed by atoms with Crippen molar-refractivity contribution in [1.29, 1.82) is 0 Å². The van der Waals surface area contributed by atoms with Crippen LogP contribution >= 0.6 is 11.8 Å². The van der Waals surface area contributed by atoms with E-state index < -0.39 is 0 Å². The molecule has 0 radical (unpaired) electrons. The summed E-state index contributed by atoms with van der Waals surface area (Å²) < 4.78 is 0. The Morgan fingerprint density at radius 3 is 1.83 bits per heavy atom. The Kier molecular flexibility index (Phi) is 3.82. The minimum absolute atomic E-state index is 1.33. The van der Waals surface area contributed by atoms with Crippen LogP contribution in [0.25, 0.3) is 0 Å². The predicted molar refractivity (Wildman–Crippen MR) is 80.7 cm³/mol. The van der Waals surface area contributed by atoms with E-state index in [-0.39, 0.29) is 0 Å². The normalized spacial score (nSPS) is 10.7. The van der Waals surface area contributed by atoms with Gasteiger partial charge in [-0.05, 0) is 80.6 Å². The molecule has 0 saturated carbocycles. The average molecular weight is 256 g/mol. The summed E-state index contributed by atoms with van der Waals surface area (Å²) in [5, 5.41) is 0. The lowest BCUT2D eigenvalue weighted by atomic mass is 10.1. The van der Waals surface area contributed by atoms with Crippen molar-refractivity contribution in [3.63, 3.8) is 0 Å². The van der Waals surface area contributed by atoms with Gasteiger partial charge in [-0.2, -0.15) is 0 Å². The second-order valence-corrected chi connectivity index (χ2v) is 6.25. The van der Waals surface area contributed by atoms with Crippen molar-refractivity contribution < 1.29 is 0 Å². The van der Waals surface area contributed by atoms with Gasteiger partial charge in [0.1, 0.15) is 0 Å². The monoisotopic (exact) mass is 256 g/mol. The third kappa shape index (κ3) is 2.97. The molecule has 2 rings (SSSR count). The molecule has 0 spiro atoms. The van der Waals surface area contributed by atoms with Crippen molar-refractivity contribution in [2.45, 2.75) is 44.4 Å². The van der Waals surface area contributed by atoms with E-state index in [9.17, 15) is 0 Å². The van der Waals surface area contributed by atoms with Crippen LogP contribution in [0.2, 0.25) is 0 Å². The molecule has 0 unspecified atom stereocenters. The molecule has 0 aliphatic rings. The predicted octanol–water partition coefficient (Wildman–Crippen LogP) is 5.38. The molecule has 0 heterocycles. The molecule has 1 heteroatoms. The third-order valence-electron chi connectivity index (χ3n) is 3.19. The van der Waals surface area contributed by atoms with Gasteiger partial charge in [0.2, 0.25) is 0 Å². The second kappa shape index (κ2) is 5.19. The molecule has 0 N–H and O–H groups in total. The van der Waals surface area contributed by atoms with E-state index in [1.807, 2.05) is 11.8 Å². The maximum absolute atomic E-state index is 2.28. The minimum Gasteiger partial charge on any atom is -0.0898 e. The highest BCUT2D eigenvalue weighted by molar-refractivity contribution is 7.99. The molecule has 18 heavy (non-hydrogen) atoms. The number of rotatable bonds is 2. The zero-order chi connectivity index (χ0) is 13.3. The molecule has 0 bridgehead atoms. The Labute approximate surface area is 114 Å². The van der Waals surface area contributed by atoms with E-state index in [2.05, 4.69) is 65.0 Å². The summed E-state index contributed by atoms with van der Waals surface area (Å²) >= 11 is 1.87. The van der Waals surface area contributed by atoms with Crippen LogP contribution in [0.5, 0.6) is 0 Å². The standard InChI is InChI=1S/C17H20S/c1-11-6-12(2)9-16(8-11)18-17-10-13(3)7-14(4)15(17)5/h6-10H,1-5H3. The van der Waals surface area contributed by atoms with Crippen molar-refractivity contribution in [2.24, 2.45) is 0 Å². The van der Waals surface area contributed by atoms with E-state index in [1.165, 1.54) is 37.6 Å². The zero-order valence-corrected chi connectivity index (χ0v) is 12.6. The molecule has 2 aromatic rings. The van der Waals surface area contributed by atoms with Crippen LogP contribution in [0, 0.1) is 34.6 Å². The van der Waals surface area contributed by atoms with Gasteiger partial charge >= 0.3 is 0 Å². The molecule has 0 aliphatic carbocycles. The van der Waals surface area contributed by atoms with E-state index in [0.717, 1.165) is 0 Å². The maximum Gasteiger partial charge on any atom is 0.0156 e. The van der Waals surface area contributed by atoms with Crippen molar-refractivity contribution in [3.8, 4) is 0 Å². The van der Waals surface area contributed by atoms with Crippen LogP contribution in [0.15, 0.2) is 40.1 Å². The first kappa shape index (κ1) is 13.2. The summed E-state index contributed by atoms with van der Waals surface area (Å²) in [7, 11) is 0. The number of benzene rings is 2. The Morgan fingerprint density at radius 1 is 0.667 bits per heavy atom. The highest BCUT2D eigenvalue weighted by Gasteiger charge is 2.05. The second-order valence-electron chi connectivity index (χ2n) is 5.13. The summed E-state index contributed by atoms with van der Waals surface area (Å²) in [4.78, 5) is 2.71. The first-order valence-electron chi connectivity index (χ1n) is 6.29. The van der Waals surface area contributed by atoms with Gasteiger partial charge < -0.3 is 0 Å². The summed E-state index contributed by atoms with van der Waals surface area (Å²) in [6, 6.07) is 11.3. The van der Waals surface area contributed by atoms with Crippen LogP contribution in [0.4, 0.5) is 0 Å². The van der Waals surface area contributed by atoms with Gasteiger partial charge in [0, 0.05) is 9.79 Å². The van der Waals surface area contributed by atoms with Crippen LogP contribution in [-0.4, -0.2) is 0 Å². The van der Waals surface area contributed by atoms with Gasteiger partial charge in [0.25, 0.3) is 0 Å². The fraction of sp³-hybridized carbons (Fsp3) is 0.294. The van der Waals surface area contributed by atoms with Gasteiger partial charge in [-0.15, -0.1) is 0 Å². The summed E-state index contributed by atoms with van der Waals surface area (Å²) in [6.45, 7) is 10.9. The Balaban J connectivity index is 2.39. The van der Waals surface area contributed by atoms with E-state index in [4.69, 9.17) is 0 Å². The molecule has 94 valence electrons. The van der Waals surface area contributed by atoms with Crippen molar-refractivity contribution in [3.05, 3.63) is 58.1 Å². The van der Waals surface area contributed by atoms with Crippen molar-refractivity contribution in [1.82, 2.24) is 0 Å². The summed E-state index contributed by atoms with van der Waals surface area (Å²) in [6.07, 6.45) is 0. The van der Waals surface area contributed by atoms with Gasteiger partial charge in [-0.1, -0.05) is 23.9 Å². The number of hydrogen-bond acceptors (Lipinski definition) is 1. The van der Waals surface area contributed by atoms with Crippen molar-refractivity contribution in [2.75, 3.05) is 0 Å². The van der Waals surface area contributed by atoms with E-state index in [1.54, 1.807) is 0 Å². The first-order valence-corrected chi connectivity index (χ1v) is 7.11. The SMILES string of the molecule is Cc1cc(C)cc(Sc2cc(C)cc(C)c2C)c1. The Hall–Kier alpha value is -1.21. The van der Waals surface area contributed by atoms with Crippen LogP contribution in [-0.2, 0) is 0 Å². The largest absolute Gasteiger partial charge is 0.0898 e. The lowest BCUT2D eigenvalue weighted by Gasteiger charge is -2.11. The fourth-order valence-electron chi connectivity index (χ4n) is 2.23. The Bertz CT molecular complexity index is 562. The van der Waals surface area contributed by atoms with E-state index in [0.29, 0.717) is 0 Å². The van der Waals surface area contributed by atoms with Gasteiger partial charge in [-0.3, -0.25) is 0 Å². The van der Waals surface area contributed by atoms with Gasteiger partial charge in [-0.25, -0.2) is 0 Å². The molecule has 0 atom stereocenters. The first-order chi connectivity index (χ1) is 8.45. The van der Waals surface area contributed by atoms with Crippen molar-refractivity contribution >= 4 is 11.8 Å². The molecule has 0 aromatic heterocycles. The highest BCUT2D eigenvalue weighted by Crippen LogP contribution is 2.33. The molecular formula is C17H20S. The minimum atomic E-state index is 1.33. The summed E-state index contributed by atoms with van der Waals surface area (Å²) in [5.74, 6) is 0. The number of hydrogen-bond donors (Lipinski definition) is 0. The number of aryl methyl sites for hydroxylation is 4. The quantitative estimate of drug-likeness (QED) is 0.695. The highest BCUT2D eigenvalue weighted by atomic mass is 32.2. The summed E-state index contributed by atoms with van der Waals surface area (Å²) in [5.41, 5.74) is 6.77. The average Bonchev–Trinajstić information content (AvgIpc) is 2.23. The molecule has 0 aliphatic heterocycles. The molecule has 0 fully saturated rings. The zero-order valence-electron chi connectivity index (χ0n) is 11.8. The molecule has 0 amide bonds. The fourth-order valence-corrected chi connectivity index (χ4v) is 3.53.